The third kappa shape index (κ3) is 2.29. The van der Waals surface area contributed by atoms with Gasteiger partial charge in [0.2, 0.25) is 0 Å². The molecule has 0 saturated heterocycles. The van der Waals surface area contributed by atoms with Crippen molar-refractivity contribution in [3.8, 4) is 0 Å². The Morgan fingerprint density at radius 2 is 2.40 bits per heavy atom. The monoisotopic (exact) mass is 221 g/mol. The second-order valence-electron chi connectivity index (χ2n) is 2.74. The summed E-state index contributed by atoms with van der Waals surface area (Å²) in [6.07, 6.45) is 6.97. The normalized spacial score (nSPS) is 10.9. The second kappa shape index (κ2) is 4.05. The first-order valence-electron chi connectivity index (χ1n) is 4.11. The molecule has 2 aromatic heterocycles. The zero-order valence-electron chi connectivity index (χ0n) is 7.54. The summed E-state index contributed by atoms with van der Waals surface area (Å²) in [6, 6.07) is 0. The molecule has 6 heteroatoms. The van der Waals surface area contributed by atoms with Gasteiger partial charge in [-0.05, 0) is 12.2 Å². The molecule has 0 atom stereocenters. The molecule has 2 heterocycles. The molecule has 0 spiro atoms. The summed E-state index contributed by atoms with van der Waals surface area (Å²) in [5.41, 5.74) is 0.994. The minimum atomic E-state index is -1.01. The van der Waals surface area contributed by atoms with E-state index in [2.05, 4.69) is 15.2 Å². The Bertz CT molecular complexity index is 487. The van der Waals surface area contributed by atoms with E-state index >= 15 is 0 Å². The molecule has 5 nitrogen and oxygen atoms in total. The largest absolute Gasteiger partial charge is 0.476 e. The van der Waals surface area contributed by atoms with Crippen molar-refractivity contribution in [2.45, 2.75) is 0 Å². The lowest BCUT2D eigenvalue weighted by molar-refractivity contribution is 0.0691. The van der Waals surface area contributed by atoms with Crippen LogP contribution in [0.15, 0.2) is 17.8 Å². The number of carbonyl (C=O) groups is 1. The van der Waals surface area contributed by atoms with Crippen molar-refractivity contribution in [1.82, 2.24) is 15.2 Å². The fourth-order valence-corrected chi connectivity index (χ4v) is 1.67. The van der Waals surface area contributed by atoms with Crippen LogP contribution in [-0.4, -0.2) is 26.3 Å². The average molecular weight is 221 g/mol. The highest BCUT2D eigenvalue weighted by molar-refractivity contribution is 7.10. The van der Waals surface area contributed by atoms with E-state index in [0.717, 1.165) is 5.56 Å². The fraction of sp³-hybridized carbons (Fsp3) is 0. The molecule has 0 unspecified atom stereocenters. The van der Waals surface area contributed by atoms with Crippen molar-refractivity contribution >= 4 is 29.5 Å². The number of hydrogen-bond donors (Lipinski definition) is 2. The molecule has 0 fully saturated rings. The van der Waals surface area contributed by atoms with Gasteiger partial charge in [0.15, 0.2) is 5.69 Å². The third-order valence-electron chi connectivity index (χ3n) is 1.68. The van der Waals surface area contributed by atoms with E-state index in [1.54, 1.807) is 18.5 Å². The number of thiazole rings is 1. The van der Waals surface area contributed by atoms with E-state index in [1.165, 1.54) is 16.7 Å². The van der Waals surface area contributed by atoms with Crippen LogP contribution in [0.5, 0.6) is 0 Å². The molecule has 0 aliphatic heterocycles. The molecule has 0 saturated carbocycles. The number of aromatic nitrogens is 3. The Kier molecular flexibility index (Phi) is 2.59. The van der Waals surface area contributed by atoms with Crippen LogP contribution in [0.2, 0.25) is 0 Å². The Balaban J connectivity index is 2.14. The number of aromatic amines is 1. The van der Waals surface area contributed by atoms with Crippen molar-refractivity contribution in [1.29, 1.82) is 0 Å². The van der Waals surface area contributed by atoms with Gasteiger partial charge in [-0.2, -0.15) is 5.10 Å². The van der Waals surface area contributed by atoms with Gasteiger partial charge >= 0.3 is 5.97 Å². The van der Waals surface area contributed by atoms with E-state index in [0.29, 0.717) is 5.01 Å². The highest BCUT2D eigenvalue weighted by Gasteiger charge is 2.06. The molecular formula is C9H7N3O2S. The fourth-order valence-electron chi connectivity index (χ4n) is 0.982. The smallest absolute Gasteiger partial charge is 0.355 e. The molecule has 2 rings (SSSR count). The molecule has 0 aliphatic rings. The Morgan fingerprint density at radius 1 is 1.53 bits per heavy atom. The van der Waals surface area contributed by atoms with Crippen molar-refractivity contribution in [2.24, 2.45) is 0 Å². The lowest BCUT2D eigenvalue weighted by Gasteiger charge is -1.83. The Labute approximate surface area is 89.1 Å². The summed E-state index contributed by atoms with van der Waals surface area (Å²) in [6.45, 7) is 0. The average Bonchev–Trinajstić information content (AvgIpc) is 2.86. The topological polar surface area (TPSA) is 78.9 Å². The second-order valence-corrected chi connectivity index (χ2v) is 3.63. The molecule has 2 aromatic rings. The standard InChI is InChI=1S/C9H7N3O2S/c13-9(14)7-5-15-8(12-7)2-1-6-3-10-11-4-6/h1-5H,(H,10,11)(H,13,14)/b2-1+. The summed E-state index contributed by atoms with van der Waals surface area (Å²) >= 11 is 1.29. The minimum Gasteiger partial charge on any atom is -0.476 e. The quantitative estimate of drug-likeness (QED) is 0.827. The molecule has 0 amide bonds. The zero-order valence-corrected chi connectivity index (χ0v) is 8.36. The van der Waals surface area contributed by atoms with Gasteiger partial charge < -0.3 is 5.11 Å². The van der Waals surface area contributed by atoms with Gasteiger partial charge in [-0.15, -0.1) is 11.3 Å². The highest BCUT2D eigenvalue weighted by atomic mass is 32.1. The van der Waals surface area contributed by atoms with Gasteiger partial charge in [-0.25, -0.2) is 9.78 Å². The van der Waals surface area contributed by atoms with E-state index in [9.17, 15) is 4.79 Å². The summed E-state index contributed by atoms with van der Waals surface area (Å²) < 4.78 is 0. The molecule has 0 radical (unpaired) electrons. The number of carboxylic acids is 1. The number of rotatable bonds is 3. The van der Waals surface area contributed by atoms with Crippen molar-refractivity contribution in [3.63, 3.8) is 0 Å². The number of aromatic carboxylic acids is 1. The molecule has 76 valence electrons. The van der Waals surface area contributed by atoms with E-state index in [1.807, 2.05) is 6.08 Å². The van der Waals surface area contributed by atoms with E-state index < -0.39 is 5.97 Å². The van der Waals surface area contributed by atoms with Gasteiger partial charge in [0.25, 0.3) is 0 Å². The molecule has 0 aromatic carbocycles. The summed E-state index contributed by atoms with van der Waals surface area (Å²) in [5, 5.41) is 17.3. The summed E-state index contributed by atoms with van der Waals surface area (Å²) in [4.78, 5) is 14.5. The molecule has 2 N–H and O–H groups in total. The first-order chi connectivity index (χ1) is 7.25. The number of hydrogen-bond acceptors (Lipinski definition) is 4. The van der Waals surface area contributed by atoms with Crippen LogP contribution in [0.1, 0.15) is 21.1 Å². The number of nitrogens with one attached hydrogen (secondary N) is 1. The SMILES string of the molecule is O=C(O)c1csc(/C=C/c2cn[nH]c2)n1. The predicted molar refractivity (Wildman–Crippen MR) is 56.6 cm³/mol. The molecule has 0 bridgehead atoms. The van der Waals surface area contributed by atoms with Gasteiger partial charge in [0.1, 0.15) is 5.01 Å². The predicted octanol–water partition coefficient (Wildman–Crippen LogP) is 1.73. The maximum atomic E-state index is 10.6. The third-order valence-corrected chi connectivity index (χ3v) is 2.49. The van der Waals surface area contributed by atoms with Gasteiger partial charge in [0, 0.05) is 17.1 Å². The Hall–Kier alpha value is -1.95. The van der Waals surface area contributed by atoms with Crippen molar-refractivity contribution in [3.05, 3.63) is 34.0 Å². The van der Waals surface area contributed by atoms with E-state index in [4.69, 9.17) is 5.11 Å². The molecule has 0 aliphatic carbocycles. The first kappa shape index (κ1) is 9.60. The van der Waals surface area contributed by atoms with Crippen LogP contribution in [0.25, 0.3) is 12.2 Å². The van der Waals surface area contributed by atoms with Gasteiger partial charge in [-0.3, -0.25) is 5.10 Å². The highest BCUT2D eigenvalue weighted by Crippen LogP contribution is 2.13. The summed E-state index contributed by atoms with van der Waals surface area (Å²) in [7, 11) is 0. The maximum Gasteiger partial charge on any atom is 0.355 e. The van der Waals surface area contributed by atoms with Gasteiger partial charge in [0.05, 0.1) is 6.20 Å². The lowest BCUT2D eigenvalue weighted by atomic mass is 10.3. The lowest BCUT2D eigenvalue weighted by Crippen LogP contribution is -1.95. The van der Waals surface area contributed by atoms with Crippen LogP contribution in [0, 0.1) is 0 Å². The van der Waals surface area contributed by atoms with Crippen LogP contribution >= 0.6 is 11.3 Å². The van der Waals surface area contributed by atoms with Crippen LogP contribution in [0.4, 0.5) is 0 Å². The summed E-state index contributed by atoms with van der Waals surface area (Å²) in [5.74, 6) is -1.01. The zero-order chi connectivity index (χ0) is 10.7. The Morgan fingerprint density at radius 3 is 3.00 bits per heavy atom. The first-order valence-corrected chi connectivity index (χ1v) is 4.99. The number of nitrogens with zero attached hydrogens (tertiary/aromatic N) is 2. The molecule has 15 heavy (non-hydrogen) atoms. The number of H-pyrrole nitrogens is 1. The van der Waals surface area contributed by atoms with Gasteiger partial charge in [-0.1, -0.05) is 0 Å². The van der Waals surface area contributed by atoms with Crippen molar-refractivity contribution < 1.29 is 9.90 Å². The van der Waals surface area contributed by atoms with Crippen LogP contribution in [0.3, 0.4) is 0 Å². The molecular weight excluding hydrogens is 214 g/mol. The van der Waals surface area contributed by atoms with E-state index in [-0.39, 0.29) is 5.69 Å². The maximum absolute atomic E-state index is 10.6. The minimum absolute atomic E-state index is 0.0758. The van der Waals surface area contributed by atoms with Crippen LogP contribution in [-0.2, 0) is 0 Å². The van der Waals surface area contributed by atoms with Crippen LogP contribution < -0.4 is 0 Å². The number of carboxylic acid groups (broad SMARTS) is 1. The van der Waals surface area contributed by atoms with Crippen molar-refractivity contribution in [2.75, 3.05) is 0 Å².